The standard InChI is InChI=1S/C17H15NO2/c1-2-18-15(13-9-5-3-6-10-13)16(20-17(18)19)14-11-7-4-8-12-14/h2-12,15-16H,1H2/t15-,16+/m1/s1. The van der Waals surface area contributed by atoms with Gasteiger partial charge in [-0.05, 0) is 11.1 Å². The second-order valence-electron chi connectivity index (χ2n) is 4.66. The van der Waals surface area contributed by atoms with E-state index in [1.54, 1.807) is 4.90 Å². The molecule has 1 aliphatic heterocycles. The molecule has 1 saturated heterocycles. The lowest BCUT2D eigenvalue weighted by Crippen LogP contribution is -2.21. The van der Waals surface area contributed by atoms with Gasteiger partial charge in [-0.15, -0.1) is 0 Å². The van der Waals surface area contributed by atoms with Crippen molar-refractivity contribution < 1.29 is 9.53 Å². The summed E-state index contributed by atoms with van der Waals surface area (Å²) in [5, 5.41) is 0. The number of ether oxygens (including phenoxy) is 1. The molecule has 100 valence electrons. The number of amides is 1. The zero-order valence-corrected chi connectivity index (χ0v) is 11.0. The fourth-order valence-corrected chi connectivity index (χ4v) is 2.56. The molecule has 0 aliphatic carbocycles. The highest BCUT2D eigenvalue weighted by Crippen LogP contribution is 2.42. The van der Waals surface area contributed by atoms with Crippen LogP contribution in [-0.4, -0.2) is 11.0 Å². The van der Waals surface area contributed by atoms with Crippen molar-refractivity contribution >= 4 is 6.09 Å². The molecular formula is C17H15NO2. The molecule has 1 amide bonds. The van der Waals surface area contributed by atoms with E-state index >= 15 is 0 Å². The van der Waals surface area contributed by atoms with Crippen molar-refractivity contribution in [1.29, 1.82) is 0 Å². The first-order valence-electron chi connectivity index (χ1n) is 6.52. The second kappa shape index (κ2) is 5.21. The van der Waals surface area contributed by atoms with Gasteiger partial charge in [-0.2, -0.15) is 0 Å². The lowest BCUT2D eigenvalue weighted by atomic mass is 9.96. The van der Waals surface area contributed by atoms with Crippen molar-refractivity contribution in [2.45, 2.75) is 12.1 Å². The third kappa shape index (κ3) is 2.07. The highest BCUT2D eigenvalue weighted by Gasteiger charge is 2.42. The van der Waals surface area contributed by atoms with Crippen LogP contribution in [0.25, 0.3) is 0 Å². The fraction of sp³-hybridized carbons (Fsp3) is 0.118. The van der Waals surface area contributed by atoms with E-state index in [2.05, 4.69) is 6.58 Å². The van der Waals surface area contributed by atoms with Gasteiger partial charge in [0.05, 0.1) is 0 Å². The molecule has 3 heteroatoms. The average molecular weight is 265 g/mol. The summed E-state index contributed by atoms with van der Waals surface area (Å²) in [4.78, 5) is 13.6. The average Bonchev–Trinajstić information content (AvgIpc) is 2.85. The van der Waals surface area contributed by atoms with Gasteiger partial charge in [0.15, 0.2) is 6.10 Å². The van der Waals surface area contributed by atoms with Crippen molar-refractivity contribution in [2.24, 2.45) is 0 Å². The van der Waals surface area contributed by atoms with E-state index in [9.17, 15) is 4.79 Å². The Morgan fingerprint density at radius 1 is 0.950 bits per heavy atom. The number of cyclic esters (lactones) is 1. The van der Waals surface area contributed by atoms with Crippen LogP contribution in [0.1, 0.15) is 23.3 Å². The van der Waals surface area contributed by atoms with Crippen molar-refractivity contribution in [2.75, 3.05) is 0 Å². The molecule has 1 heterocycles. The quantitative estimate of drug-likeness (QED) is 0.837. The van der Waals surface area contributed by atoms with E-state index < -0.39 is 0 Å². The Morgan fingerprint density at radius 3 is 2.05 bits per heavy atom. The van der Waals surface area contributed by atoms with Crippen molar-refractivity contribution in [3.8, 4) is 0 Å². The molecule has 0 unspecified atom stereocenters. The van der Waals surface area contributed by atoms with Crippen LogP contribution in [0.3, 0.4) is 0 Å². The van der Waals surface area contributed by atoms with E-state index in [0.717, 1.165) is 11.1 Å². The minimum atomic E-state index is -0.359. The van der Waals surface area contributed by atoms with Crippen LogP contribution in [0.2, 0.25) is 0 Å². The maximum Gasteiger partial charge on any atom is 0.415 e. The molecular weight excluding hydrogens is 250 g/mol. The number of hydrogen-bond donors (Lipinski definition) is 0. The molecule has 2 aromatic rings. The zero-order valence-electron chi connectivity index (χ0n) is 11.0. The van der Waals surface area contributed by atoms with Crippen molar-refractivity contribution in [3.05, 3.63) is 84.6 Å². The zero-order chi connectivity index (χ0) is 13.9. The Bertz CT molecular complexity index is 609. The predicted octanol–water partition coefficient (Wildman–Crippen LogP) is 4.06. The first-order chi connectivity index (χ1) is 9.81. The van der Waals surface area contributed by atoms with Gasteiger partial charge in [0.1, 0.15) is 6.04 Å². The number of hydrogen-bond acceptors (Lipinski definition) is 2. The summed E-state index contributed by atoms with van der Waals surface area (Å²) in [6.07, 6.45) is 0.856. The minimum absolute atomic E-state index is 0.177. The monoisotopic (exact) mass is 265 g/mol. The number of nitrogens with zero attached hydrogens (tertiary/aromatic N) is 1. The number of benzene rings is 2. The predicted molar refractivity (Wildman–Crippen MR) is 76.9 cm³/mol. The van der Waals surface area contributed by atoms with E-state index in [1.807, 2.05) is 60.7 Å². The topological polar surface area (TPSA) is 29.5 Å². The molecule has 3 nitrogen and oxygen atoms in total. The third-order valence-corrected chi connectivity index (χ3v) is 3.49. The van der Waals surface area contributed by atoms with Crippen LogP contribution in [0, 0.1) is 0 Å². The summed E-state index contributed by atoms with van der Waals surface area (Å²) in [7, 11) is 0. The van der Waals surface area contributed by atoms with Gasteiger partial charge in [0.2, 0.25) is 0 Å². The Labute approximate surface area is 118 Å². The van der Waals surface area contributed by atoms with Crippen LogP contribution in [0.4, 0.5) is 4.79 Å². The highest BCUT2D eigenvalue weighted by molar-refractivity contribution is 5.72. The molecule has 0 aromatic heterocycles. The third-order valence-electron chi connectivity index (χ3n) is 3.49. The molecule has 0 radical (unpaired) electrons. The summed E-state index contributed by atoms with van der Waals surface area (Å²) in [5.74, 6) is 0. The largest absolute Gasteiger partial charge is 0.438 e. The van der Waals surface area contributed by atoms with E-state index in [-0.39, 0.29) is 18.2 Å². The summed E-state index contributed by atoms with van der Waals surface area (Å²) >= 11 is 0. The molecule has 1 aliphatic rings. The van der Waals surface area contributed by atoms with Crippen LogP contribution >= 0.6 is 0 Å². The Balaban J connectivity index is 2.05. The molecule has 2 aromatic carbocycles. The normalized spacial score (nSPS) is 21.6. The van der Waals surface area contributed by atoms with Crippen LogP contribution in [0.5, 0.6) is 0 Å². The Morgan fingerprint density at radius 2 is 1.50 bits per heavy atom. The van der Waals surface area contributed by atoms with Crippen molar-refractivity contribution in [1.82, 2.24) is 4.90 Å². The van der Waals surface area contributed by atoms with Gasteiger partial charge in [-0.3, -0.25) is 4.90 Å². The summed E-state index contributed by atoms with van der Waals surface area (Å²) in [5.41, 5.74) is 2.02. The highest BCUT2D eigenvalue weighted by atomic mass is 16.6. The number of carbonyl (C=O) groups is 1. The summed E-state index contributed by atoms with van der Waals surface area (Å²) < 4.78 is 5.53. The van der Waals surface area contributed by atoms with Gasteiger partial charge in [-0.25, -0.2) is 4.79 Å². The maximum atomic E-state index is 12.0. The Hall–Kier alpha value is -2.55. The summed E-state index contributed by atoms with van der Waals surface area (Å²) in [6.45, 7) is 3.72. The van der Waals surface area contributed by atoms with Crippen LogP contribution in [-0.2, 0) is 4.74 Å². The van der Waals surface area contributed by atoms with E-state index in [0.29, 0.717) is 0 Å². The lowest BCUT2D eigenvalue weighted by molar-refractivity contribution is 0.131. The molecule has 0 bridgehead atoms. The molecule has 0 N–H and O–H groups in total. The first-order valence-corrected chi connectivity index (χ1v) is 6.52. The van der Waals surface area contributed by atoms with Crippen LogP contribution in [0.15, 0.2) is 73.4 Å². The van der Waals surface area contributed by atoms with E-state index in [1.165, 1.54) is 6.20 Å². The second-order valence-corrected chi connectivity index (χ2v) is 4.66. The SMILES string of the molecule is C=CN1C(=O)O[C@@H](c2ccccc2)[C@H]1c1ccccc1. The Kier molecular flexibility index (Phi) is 3.25. The summed E-state index contributed by atoms with van der Waals surface area (Å²) in [6, 6.07) is 19.5. The number of carbonyl (C=O) groups excluding carboxylic acids is 1. The van der Waals surface area contributed by atoms with Gasteiger partial charge in [0, 0.05) is 6.20 Å². The van der Waals surface area contributed by atoms with Gasteiger partial charge in [-0.1, -0.05) is 67.2 Å². The number of rotatable bonds is 3. The molecule has 2 atom stereocenters. The first kappa shape index (κ1) is 12.5. The van der Waals surface area contributed by atoms with Crippen molar-refractivity contribution in [3.63, 3.8) is 0 Å². The smallest absolute Gasteiger partial charge is 0.415 e. The molecule has 1 fully saturated rings. The maximum absolute atomic E-state index is 12.0. The molecule has 0 spiro atoms. The van der Waals surface area contributed by atoms with Gasteiger partial charge >= 0.3 is 6.09 Å². The van der Waals surface area contributed by atoms with Crippen LogP contribution < -0.4 is 0 Å². The lowest BCUT2D eigenvalue weighted by Gasteiger charge is -2.22. The molecule has 3 rings (SSSR count). The fourth-order valence-electron chi connectivity index (χ4n) is 2.56. The van der Waals surface area contributed by atoms with Gasteiger partial charge in [0.25, 0.3) is 0 Å². The van der Waals surface area contributed by atoms with E-state index in [4.69, 9.17) is 4.74 Å². The molecule has 20 heavy (non-hydrogen) atoms. The molecule has 0 saturated carbocycles. The minimum Gasteiger partial charge on any atom is -0.438 e. The van der Waals surface area contributed by atoms with Gasteiger partial charge < -0.3 is 4.74 Å².